The summed E-state index contributed by atoms with van der Waals surface area (Å²) in [6.45, 7) is 0.909. The van der Waals surface area contributed by atoms with E-state index < -0.39 is 0 Å². The molecule has 1 atom stereocenters. The molecule has 1 aliphatic heterocycles. The summed E-state index contributed by atoms with van der Waals surface area (Å²) in [5.74, 6) is 3.41. The molecule has 1 aromatic rings. The first-order valence-electron chi connectivity index (χ1n) is 6.03. The van der Waals surface area contributed by atoms with Crippen LogP contribution in [0.25, 0.3) is 0 Å². The number of methoxy groups -OCH3 is 1. The van der Waals surface area contributed by atoms with Crippen LogP contribution in [0.5, 0.6) is 5.75 Å². The lowest BCUT2D eigenvalue weighted by molar-refractivity contribution is 0.409. The monoisotopic (exact) mass is 393 g/mol. The van der Waals surface area contributed by atoms with E-state index >= 15 is 0 Å². The van der Waals surface area contributed by atoms with Crippen molar-refractivity contribution in [1.29, 1.82) is 0 Å². The Morgan fingerprint density at radius 3 is 2.67 bits per heavy atom. The third-order valence-electron chi connectivity index (χ3n) is 3.02. The summed E-state index contributed by atoms with van der Waals surface area (Å²) in [7, 11) is 1.68. The van der Waals surface area contributed by atoms with Gasteiger partial charge in [-0.1, -0.05) is 0 Å². The zero-order valence-corrected chi connectivity index (χ0v) is 14.3. The predicted molar refractivity (Wildman–Crippen MR) is 85.6 cm³/mol. The van der Waals surface area contributed by atoms with Gasteiger partial charge in [0.2, 0.25) is 0 Å². The maximum Gasteiger partial charge on any atom is 0.147 e. The van der Waals surface area contributed by atoms with Crippen molar-refractivity contribution in [3.05, 3.63) is 26.6 Å². The second-order valence-corrected chi connectivity index (χ2v) is 7.25. The molecule has 1 aliphatic rings. The average molecular weight is 395 g/mol. The van der Waals surface area contributed by atoms with Gasteiger partial charge in [-0.15, -0.1) is 0 Å². The van der Waals surface area contributed by atoms with E-state index in [1.807, 2.05) is 11.8 Å². The normalized spacial score (nSPS) is 19.8. The molecule has 0 aromatic heterocycles. The molecule has 1 saturated heterocycles. The first-order valence-corrected chi connectivity index (χ1v) is 8.78. The molecule has 0 bridgehead atoms. The van der Waals surface area contributed by atoms with Gasteiger partial charge in [0.25, 0.3) is 0 Å². The second-order valence-electron chi connectivity index (χ2n) is 4.39. The fourth-order valence-corrected chi connectivity index (χ4v) is 4.78. The van der Waals surface area contributed by atoms with Crippen molar-refractivity contribution in [1.82, 2.24) is 5.32 Å². The molecular weight excluding hydrogens is 378 g/mol. The van der Waals surface area contributed by atoms with Gasteiger partial charge in [0.1, 0.15) is 5.75 Å². The molecule has 0 amide bonds. The molecule has 0 saturated carbocycles. The Kier molecular flexibility index (Phi) is 5.86. The Bertz CT molecular complexity index is 385. The summed E-state index contributed by atoms with van der Waals surface area (Å²) in [5, 5.41) is 3.63. The fourth-order valence-electron chi connectivity index (χ4n) is 2.07. The number of nitrogens with one attached hydrogen (secondary N) is 1. The minimum absolute atomic E-state index is 0.656. The number of hydrogen-bond acceptors (Lipinski definition) is 3. The largest absolute Gasteiger partial charge is 0.494 e. The van der Waals surface area contributed by atoms with E-state index in [1.54, 1.807) is 7.11 Å². The first-order chi connectivity index (χ1) is 8.70. The average Bonchev–Trinajstić information content (AvgIpc) is 2.37. The van der Waals surface area contributed by atoms with Crippen molar-refractivity contribution in [2.45, 2.75) is 25.4 Å². The Morgan fingerprint density at radius 2 is 2.11 bits per heavy atom. The van der Waals surface area contributed by atoms with Gasteiger partial charge in [-0.25, -0.2) is 0 Å². The van der Waals surface area contributed by atoms with Crippen LogP contribution in [-0.4, -0.2) is 24.7 Å². The lowest BCUT2D eigenvalue weighted by atomic mass is 10.1. The van der Waals surface area contributed by atoms with Crippen LogP contribution >= 0.6 is 43.6 Å². The molecule has 2 nitrogen and oxygen atoms in total. The smallest absolute Gasteiger partial charge is 0.147 e. The van der Waals surface area contributed by atoms with E-state index in [9.17, 15) is 0 Å². The van der Waals surface area contributed by atoms with Crippen LogP contribution in [0.1, 0.15) is 18.4 Å². The van der Waals surface area contributed by atoms with Crippen LogP contribution in [0.15, 0.2) is 21.1 Å². The van der Waals surface area contributed by atoms with Crippen molar-refractivity contribution >= 4 is 43.6 Å². The number of ether oxygens (including phenoxy) is 1. The molecular formula is C13H17Br2NOS. The van der Waals surface area contributed by atoms with Crippen LogP contribution in [-0.2, 0) is 6.54 Å². The molecule has 18 heavy (non-hydrogen) atoms. The van der Waals surface area contributed by atoms with Crippen molar-refractivity contribution in [3.8, 4) is 5.75 Å². The Morgan fingerprint density at radius 1 is 1.39 bits per heavy atom. The van der Waals surface area contributed by atoms with Crippen LogP contribution in [0.4, 0.5) is 0 Å². The van der Waals surface area contributed by atoms with Crippen LogP contribution in [0.2, 0.25) is 0 Å². The molecule has 0 radical (unpaired) electrons. The highest BCUT2D eigenvalue weighted by atomic mass is 79.9. The van der Waals surface area contributed by atoms with Gasteiger partial charge in [0, 0.05) is 18.3 Å². The third kappa shape index (κ3) is 3.89. The lowest BCUT2D eigenvalue weighted by Gasteiger charge is -2.22. The van der Waals surface area contributed by atoms with E-state index in [2.05, 4.69) is 49.3 Å². The Labute approximate surface area is 130 Å². The van der Waals surface area contributed by atoms with Gasteiger partial charge in [0.15, 0.2) is 0 Å². The molecule has 1 unspecified atom stereocenters. The van der Waals surface area contributed by atoms with E-state index in [4.69, 9.17) is 4.74 Å². The van der Waals surface area contributed by atoms with E-state index in [0.29, 0.717) is 6.04 Å². The number of benzene rings is 1. The second kappa shape index (κ2) is 7.17. The van der Waals surface area contributed by atoms with Gasteiger partial charge in [-0.2, -0.15) is 11.8 Å². The van der Waals surface area contributed by atoms with Crippen molar-refractivity contribution < 1.29 is 4.74 Å². The van der Waals surface area contributed by atoms with Crippen molar-refractivity contribution in [3.63, 3.8) is 0 Å². The summed E-state index contributed by atoms with van der Waals surface area (Å²) >= 11 is 9.12. The molecule has 100 valence electrons. The number of halogens is 2. The first kappa shape index (κ1) is 14.7. The summed E-state index contributed by atoms with van der Waals surface area (Å²) in [6.07, 6.45) is 2.63. The summed E-state index contributed by atoms with van der Waals surface area (Å²) in [5.41, 5.74) is 1.27. The third-order valence-corrected chi connectivity index (χ3v) is 5.41. The SMILES string of the molecule is COc1c(Br)cc(CNC2CCCSC2)cc1Br. The van der Waals surface area contributed by atoms with Crippen molar-refractivity contribution in [2.24, 2.45) is 0 Å². The number of rotatable bonds is 4. The maximum absolute atomic E-state index is 5.31. The van der Waals surface area contributed by atoms with Crippen LogP contribution < -0.4 is 10.1 Å². The summed E-state index contributed by atoms with van der Waals surface area (Å²) < 4.78 is 7.30. The highest BCUT2D eigenvalue weighted by Gasteiger charge is 2.13. The molecule has 2 rings (SSSR count). The topological polar surface area (TPSA) is 21.3 Å². The van der Waals surface area contributed by atoms with Crippen LogP contribution in [0.3, 0.4) is 0 Å². The Balaban J connectivity index is 1.96. The molecule has 5 heteroatoms. The number of hydrogen-bond donors (Lipinski definition) is 1. The van der Waals surface area contributed by atoms with E-state index in [0.717, 1.165) is 21.2 Å². The Hall–Kier alpha value is 0.290. The number of thioether (sulfide) groups is 1. The molecule has 1 aromatic carbocycles. The minimum Gasteiger partial charge on any atom is -0.494 e. The highest BCUT2D eigenvalue weighted by molar-refractivity contribution is 9.11. The summed E-state index contributed by atoms with van der Waals surface area (Å²) in [6, 6.07) is 4.89. The quantitative estimate of drug-likeness (QED) is 0.826. The lowest BCUT2D eigenvalue weighted by Crippen LogP contribution is -2.33. The van der Waals surface area contributed by atoms with Crippen LogP contribution in [0, 0.1) is 0 Å². The standard InChI is InChI=1S/C13H17Br2NOS/c1-17-13-11(14)5-9(6-12(13)15)7-16-10-3-2-4-18-8-10/h5-6,10,16H,2-4,7-8H2,1H3. The minimum atomic E-state index is 0.656. The zero-order chi connectivity index (χ0) is 13.0. The molecule has 1 heterocycles. The summed E-state index contributed by atoms with van der Waals surface area (Å²) in [4.78, 5) is 0. The van der Waals surface area contributed by atoms with Gasteiger partial charge in [-0.05, 0) is 68.2 Å². The van der Waals surface area contributed by atoms with Gasteiger partial charge in [-0.3, -0.25) is 0 Å². The molecule has 1 fully saturated rings. The maximum atomic E-state index is 5.31. The fraction of sp³-hybridized carbons (Fsp3) is 0.538. The zero-order valence-electron chi connectivity index (χ0n) is 10.3. The molecule has 0 aliphatic carbocycles. The van der Waals surface area contributed by atoms with E-state index in [1.165, 1.54) is 29.9 Å². The van der Waals surface area contributed by atoms with E-state index in [-0.39, 0.29) is 0 Å². The molecule has 1 N–H and O–H groups in total. The van der Waals surface area contributed by atoms with Gasteiger partial charge < -0.3 is 10.1 Å². The van der Waals surface area contributed by atoms with Gasteiger partial charge in [0.05, 0.1) is 16.1 Å². The predicted octanol–water partition coefficient (Wildman–Crippen LogP) is 4.21. The van der Waals surface area contributed by atoms with Gasteiger partial charge >= 0.3 is 0 Å². The molecule has 0 spiro atoms. The highest BCUT2D eigenvalue weighted by Crippen LogP contribution is 2.34. The van der Waals surface area contributed by atoms with Crippen molar-refractivity contribution in [2.75, 3.05) is 18.6 Å².